The van der Waals surface area contributed by atoms with Crippen LogP contribution >= 0.6 is 24.4 Å². The van der Waals surface area contributed by atoms with E-state index in [0.29, 0.717) is 17.7 Å². The highest BCUT2D eigenvalue weighted by atomic mass is 32.2. The highest BCUT2D eigenvalue weighted by Crippen LogP contribution is 2.07. The molecule has 13 heteroatoms. The molecule has 34 heavy (non-hydrogen) atoms. The number of carbonyl (C=O) groups excluding carboxylic acids is 3. The smallest absolute Gasteiger partial charge is 0.327 e. The number of nitrogens with two attached hydrogens (primary N) is 1. The summed E-state index contributed by atoms with van der Waals surface area (Å²) in [5.74, 6) is -4.73. The molecule has 0 saturated heterocycles. The van der Waals surface area contributed by atoms with Gasteiger partial charge >= 0.3 is 11.9 Å². The largest absolute Gasteiger partial charge is 0.481 e. The number of amides is 3. The summed E-state index contributed by atoms with van der Waals surface area (Å²) in [6.07, 6.45) is 1.52. The molecule has 0 aliphatic heterocycles. The van der Waals surface area contributed by atoms with Gasteiger partial charge in [0.25, 0.3) is 0 Å². The Kier molecular flexibility index (Phi) is 13.1. The predicted octanol–water partition coefficient (Wildman–Crippen LogP) is -0.747. The van der Waals surface area contributed by atoms with E-state index >= 15 is 0 Å². The average molecular weight is 515 g/mol. The summed E-state index contributed by atoms with van der Waals surface area (Å²) in [5, 5.41) is 25.3. The summed E-state index contributed by atoms with van der Waals surface area (Å²) >= 11 is 5.36. The molecule has 0 aliphatic rings. The van der Waals surface area contributed by atoms with E-state index in [1.54, 1.807) is 30.3 Å². The first-order valence-corrected chi connectivity index (χ1v) is 12.4. The Labute approximate surface area is 207 Å². The monoisotopic (exact) mass is 514 g/mol. The fraction of sp³-hybridized carbons (Fsp3) is 0.476. The summed E-state index contributed by atoms with van der Waals surface area (Å²) in [6, 6.07) is 3.80. The molecule has 7 N–H and O–H groups in total. The lowest BCUT2D eigenvalue weighted by Gasteiger charge is -2.24. The van der Waals surface area contributed by atoms with Gasteiger partial charge in [0.2, 0.25) is 17.7 Å². The number of rotatable bonds is 15. The number of carboxylic acid groups (broad SMARTS) is 2. The van der Waals surface area contributed by atoms with Crippen molar-refractivity contribution in [3.63, 3.8) is 0 Å². The number of hydrogen-bond donors (Lipinski definition) is 7. The molecule has 188 valence electrons. The maximum absolute atomic E-state index is 13.0. The highest BCUT2D eigenvalue weighted by Gasteiger charge is 2.31. The Morgan fingerprint density at radius 2 is 1.50 bits per heavy atom. The SMILES string of the molecule is CSCCC(N)C(=O)NC(Cc1ccccc1)C(=O)NC(CC(=O)O)C(=O)NC(CS)C(=O)O. The van der Waals surface area contributed by atoms with Gasteiger partial charge in [-0.25, -0.2) is 4.79 Å². The second-order valence-electron chi connectivity index (χ2n) is 7.38. The second-order valence-corrected chi connectivity index (χ2v) is 8.73. The molecule has 1 aromatic carbocycles. The van der Waals surface area contributed by atoms with Gasteiger partial charge in [0, 0.05) is 12.2 Å². The minimum atomic E-state index is -1.58. The second kappa shape index (κ2) is 15.2. The van der Waals surface area contributed by atoms with Crippen molar-refractivity contribution < 1.29 is 34.2 Å². The van der Waals surface area contributed by atoms with Crippen LogP contribution in [0.2, 0.25) is 0 Å². The predicted molar refractivity (Wildman–Crippen MR) is 131 cm³/mol. The van der Waals surface area contributed by atoms with E-state index in [2.05, 4.69) is 28.6 Å². The summed E-state index contributed by atoms with van der Waals surface area (Å²) in [5.41, 5.74) is 6.61. The lowest BCUT2D eigenvalue weighted by Crippen LogP contribution is -2.58. The third kappa shape index (κ3) is 10.4. The van der Waals surface area contributed by atoms with Crippen molar-refractivity contribution in [1.29, 1.82) is 0 Å². The molecule has 0 radical (unpaired) electrons. The summed E-state index contributed by atoms with van der Waals surface area (Å²) in [6.45, 7) is 0. The van der Waals surface area contributed by atoms with Crippen molar-refractivity contribution in [1.82, 2.24) is 16.0 Å². The third-order valence-corrected chi connectivity index (χ3v) is 5.70. The van der Waals surface area contributed by atoms with Crippen molar-refractivity contribution in [2.75, 3.05) is 17.8 Å². The van der Waals surface area contributed by atoms with E-state index in [1.807, 2.05) is 6.26 Å². The first-order valence-electron chi connectivity index (χ1n) is 10.3. The number of benzene rings is 1. The Balaban J connectivity index is 3.06. The van der Waals surface area contributed by atoms with Gasteiger partial charge < -0.3 is 31.9 Å². The number of thiol groups is 1. The molecule has 0 heterocycles. The van der Waals surface area contributed by atoms with Gasteiger partial charge in [0.15, 0.2) is 0 Å². The van der Waals surface area contributed by atoms with Crippen molar-refractivity contribution in [3.05, 3.63) is 35.9 Å². The Hall–Kier alpha value is -2.77. The van der Waals surface area contributed by atoms with Crippen LogP contribution in [0.25, 0.3) is 0 Å². The molecule has 1 rings (SSSR count). The fourth-order valence-electron chi connectivity index (χ4n) is 2.83. The van der Waals surface area contributed by atoms with Crippen LogP contribution in [0.5, 0.6) is 0 Å². The zero-order valence-corrected chi connectivity index (χ0v) is 20.3. The molecule has 4 atom stereocenters. The van der Waals surface area contributed by atoms with Crippen molar-refractivity contribution >= 4 is 54.1 Å². The molecule has 0 bridgehead atoms. The first-order chi connectivity index (χ1) is 16.1. The summed E-state index contributed by atoms with van der Waals surface area (Å²) in [4.78, 5) is 60.5. The average Bonchev–Trinajstić information content (AvgIpc) is 2.79. The van der Waals surface area contributed by atoms with Gasteiger partial charge in [-0.05, 0) is 24.0 Å². The number of thioether (sulfide) groups is 1. The van der Waals surface area contributed by atoms with Gasteiger partial charge in [-0.2, -0.15) is 24.4 Å². The van der Waals surface area contributed by atoms with Crippen LogP contribution < -0.4 is 21.7 Å². The molecule has 0 spiro atoms. The Morgan fingerprint density at radius 3 is 2.03 bits per heavy atom. The maximum atomic E-state index is 13.0. The van der Waals surface area contributed by atoms with Crippen LogP contribution in [0.1, 0.15) is 18.4 Å². The van der Waals surface area contributed by atoms with Crippen LogP contribution in [-0.4, -0.2) is 81.8 Å². The molecular weight excluding hydrogens is 484 g/mol. The Morgan fingerprint density at radius 1 is 0.941 bits per heavy atom. The normalized spacial score (nSPS) is 14.2. The van der Waals surface area contributed by atoms with Crippen LogP contribution in [0.3, 0.4) is 0 Å². The molecule has 1 aromatic rings. The number of carbonyl (C=O) groups is 5. The van der Waals surface area contributed by atoms with Crippen molar-refractivity contribution in [3.8, 4) is 0 Å². The van der Waals surface area contributed by atoms with E-state index in [1.165, 1.54) is 11.8 Å². The number of nitrogens with one attached hydrogen (secondary N) is 3. The maximum Gasteiger partial charge on any atom is 0.327 e. The molecule has 11 nitrogen and oxygen atoms in total. The lowest BCUT2D eigenvalue weighted by molar-refractivity contribution is -0.143. The third-order valence-electron chi connectivity index (χ3n) is 4.69. The van der Waals surface area contributed by atoms with Crippen LogP contribution in [0, 0.1) is 0 Å². The Bertz CT molecular complexity index is 857. The van der Waals surface area contributed by atoms with Gasteiger partial charge in [-0.1, -0.05) is 30.3 Å². The van der Waals surface area contributed by atoms with E-state index < -0.39 is 60.2 Å². The molecule has 0 fully saturated rings. The minimum absolute atomic E-state index is 0.0590. The highest BCUT2D eigenvalue weighted by molar-refractivity contribution is 7.98. The molecule has 0 saturated carbocycles. The van der Waals surface area contributed by atoms with Crippen LogP contribution in [0.4, 0.5) is 0 Å². The zero-order valence-electron chi connectivity index (χ0n) is 18.6. The van der Waals surface area contributed by atoms with E-state index in [9.17, 15) is 24.0 Å². The number of hydrogen-bond acceptors (Lipinski definition) is 8. The van der Waals surface area contributed by atoms with Gasteiger partial charge in [0.1, 0.15) is 18.1 Å². The van der Waals surface area contributed by atoms with Crippen LogP contribution in [-0.2, 0) is 30.4 Å². The number of carboxylic acids is 2. The lowest BCUT2D eigenvalue weighted by atomic mass is 10.0. The first kappa shape index (κ1) is 29.3. The molecule has 3 amide bonds. The topological polar surface area (TPSA) is 188 Å². The van der Waals surface area contributed by atoms with E-state index in [4.69, 9.17) is 15.9 Å². The van der Waals surface area contributed by atoms with Gasteiger partial charge in [0.05, 0.1) is 12.5 Å². The van der Waals surface area contributed by atoms with Gasteiger partial charge in [-0.15, -0.1) is 0 Å². The van der Waals surface area contributed by atoms with Crippen molar-refractivity contribution in [2.24, 2.45) is 5.73 Å². The number of aliphatic carboxylic acids is 2. The zero-order chi connectivity index (χ0) is 25.7. The van der Waals surface area contributed by atoms with Crippen molar-refractivity contribution in [2.45, 2.75) is 43.4 Å². The van der Waals surface area contributed by atoms with Crippen LogP contribution in [0.15, 0.2) is 30.3 Å². The quantitative estimate of drug-likeness (QED) is 0.148. The van der Waals surface area contributed by atoms with Gasteiger partial charge in [-0.3, -0.25) is 19.2 Å². The summed E-state index contributed by atoms with van der Waals surface area (Å²) in [7, 11) is 0. The standard InChI is InChI=1S/C21H30N4O7S2/c1-34-8-7-13(22)18(28)23-14(9-12-5-3-2-4-6-12)19(29)24-15(10-17(26)27)20(30)25-16(11-33)21(31)32/h2-6,13-16,33H,7-11,22H2,1H3,(H,23,28)(H,24,29)(H,25,30)(H,26,27)(H,31,32). The molecule has 4 unspecified atom stereocenters. The van der Waals surface area contributed by atoms with E-state index in [0.717, 1.165) is 0 Å². The van der Waals surface area contributed by atoms with E-state index in [-0.39, 0.29) is 12.2 Å². The minimum Gasteiger partial charge on any atom is -0.481 e. The molecular formula is C21H30N4O7S2. The fourth-order valence-corrected chi connectivity index (χ4v) is 3.56. The molecule has 0 aliphatic carbocycles. The molecule has 0 aromatic heterocycles. The summed E-state index contributed by atoms with van der Waals surface area (Å²) < 4.78 is 0.